The molecule has 14 nitrogen and oxygen atoms in total. The van der Waals surface area contributed by atoms with Crippen molar-refractivity contribution in [2.24, 2.45) is 0 Å². The molecule has 0 bridgehead atoms. The van der Waals surface area contributed by atoms with E-state index in [-0.39, 0.29) is 13.2 Å². The molecule has 1 aromatic heterocycles. The average molecular weight is 590 g/mol. The first-order valence-corrected chi connectivity index (χ1v) is 13.6. The predicted octanol–water partition coefficient (Wildman–Crippen LogP) is 0.377. The number of nitrogens with one attached hydrogen (secondary N) is 2. The Hall–Kier alpha value is -2.20. The molecule has 0 amide bonds. The van der Waals surface area contributed by atoms with Crippen molar-refractivity contribution >= 4 is 37.0 Å². The Bertz CT molecular complexity index is 1090. The zero-order valence-corrected chi connectivity index (χ0v) is 22.7. The summed E-state index contributed by atoms with van der Waals surface area (Å²) in [4.78, 5) is 39.6. The zero-order valence-electron chi connectivity index (χ0n) is 21.1. The molecule has 2 rings (SSSR count). The van der Waals surface area contributed by atoms with Crippen molar-refractivity contribution in [2.75, 3.05) is 31.4 Å². The molecule has 1 aromatic rings. The van der Waals surface area contributed by atoms with Gasteiger partial charge in [-0.05, 0) is 27.7 Å². The molecule has 0 radical (unpaired) electrons. The normalized spacial score (nSPS) is 25.1. The van der Waals surface area contributed by atoms with Gasteiger partial charge in [-0.15, -0.1) is 11.6 Å². The Morgan fingerprint density at radius 2 is 1.82 bits per heavy atom. The van der Waals surface area contributed by atoms with E-state index in [1.807, 2.05) is 0 Å². The number of ether oxygens (including phenoxy) is 3. The summed E-state index contributed by atoms with van der Waals surface area (Å²) in [5.74, 6) is -4.12. The third-order valence-electron chi connectivity index (χ3n) is 5.40. The molecule has 38 heavy (non-hydrogen) atoms. The first-order valence-electron chi connectivity index (χ1n) is 11.5. The second-order valence-corrected chi connectivity index (χ2v) is 10.4. The van der Waals surface area contributed by atoms with Crippen molar-refractivity contribution in [3.8, 4) is 0 Å². The number of nitrogens with zero attached hydrogens (tertiary/aromatic N) is 2. The van der Waals surface area contributed by atoms with Gasteiger partial charge in [0.1, 0.15) is 23.8 Å². The van der Waals surface area contributed by atoms with Gasteiger partial charge < -0.3 is 29.6 Å². The van der Waals surface area contributed by atoms with Gasteiger partial charge in [-0.2, -0.15) is 4.98 Å². The van der Waals surface area contributed by atoms with Crippen molar-refractivity contribution in [3.63, 3.8) is 0 Å². The van der Waals surface area contributed by atoms with Crippen LogP contribution in [0.3, 0.4) is 0 Å². The van der Waals surface area contributed by atoms with E-state index < -0.39 is 85.6 Å². The fourth-order valence-electron chi connectivity index (χ4n) is 3.40. The van der Waals surface area contributed by atoms with E-state index in [0.717, 1.165) is 0 Å². The van der Waals surface area contributed by atoms with Crippen LogP contribution < -0.4 is 21.6 Å². The van der Waals surface area contributed by atoms with Crippen LogP contribution in [-0.2, 0) is 32.9 Å². The molecule has 6 atom stereocenters. The Morgan fingerprint density at radius 1 is 1.29 bits per heavy atom. The molecule has 0 spiro atoms. The van der Waals surface area contributed by atoms with E-state index in [9.17, 15) is 28.4 Å². The van der Waals surface area contributed by atoms with Crippen molar-refractivity contribution in [3.05, 3.63) is 22.5 Å². The first-order chi connectivity index (χ1) is 17.7. The van der Waals surface area contributed by atoms with Crippen LogP contribution in [0.1, 0.15) is 33.9 Å². The fraction of sp³-hybridized carbons (Fsp3) is 0.700. The lowest BCUT2D eigenvalue weighted by molar-refractivity contribution is -0.145. The lowest BCUT2D eigenvalue weighted by Gasteiger charge is -2.32. The van der Waals surface area contributed by atoms with E-state index in [1.165, 1.54) is 13.8 Å². The van der Waals surface area contributed by atoms with E-state index in [2.05, 4.69) is 15.2 Å². The Morgan fingerprint density at radius 3 is 2.29 bits per heavy atom. The number of aromatic nitrogens is 2. The van der Waals surface area contributed by atoms with Crippen molar-refractivity contribution in [1.29, 1.82) is 0 Å². The number of carbonyl (C=O) groups excluding carboxylic acids is 2. The molecule has 216 valence electrons. The second kappa shape index (κ2) is 13.2. The summed E-state index contributed by atoms with van der Waals surface area (Å²) < 4.78 is 63.9. The Balaban J connectivity index is 2.34. The maximum atomic E-state index is 15.1. The minimum Gasteiger partial charge on any atom is -0.465 e. The summed E-state index contributed by atoms with van der Waals surface area (Å²) in [6.07, 6.45) is -5.75. The lowest BCUT2D eigenvalue weighted by Crippen LogP contribution is -2.49. The number of hydrogen-bond donors (Lipinski definition) is 4. The number of anilines is 1. The van der Waals surface area contributed by atoms with Crippen LogP contribution >= 0.6 is 19.3 Å². The summed E-state index contributed by atoms with van der Waals surface area (Å²) in [7, 11) is -4.39. The number of nitrogens with two attached hydrogens (primary N) is 1. The van der Waals surface area contributed by atoms with Crippen LogP contribution in [0.2, 0.25) is 0 Å². The number of carbonyl (C=O) groups is 2. The average Bonchev–Trinajstić information content (AvgIpc) is 3.10. The highest BCUT2D eigenvalue weighted by Gasteiger charge is 2.57. The SMILES string of the molecule is CCOC(=O)[C@H](C)NP(=O)(N[C@@H](C)C(=O)OCC)OC[C@@]1(CCl)O[C@@H](n2cc(F)c(N)nc2=O)[C@@H](F)[C@@H]1O. The maximum absolute atomic E-state index is 15.1. The Labute approximate surface area is 221 Å². The van der Waals surface area contributed by atoms with Gasteiger partial charge in [0.15, 0.2) is 24.0 Å². The van der Waals surface area contributed by atoms with E-state index >= 15 is 4.39 Å². The van der Waals surface area contributed by atoms with E-state index in [4.69, 9.17) is 36.1 Å². The molecule has 2 heterocycles. The van der Waals surface area contributed by atoms with Gasteiger partial charge in [0.25, 0.3) is 0 Å². The van der Waals surface area contributed by atoms with Crippen molar-refractivity contribution in [2.45, 2.75) is 63.9 Å². The highest BCUT2D eigenvalue weighted by Crippen LogP contribution is 2.45. The summed E-state index contributed by atoms with van der Waals surface area (Å²) in [6.45, 7) is 4.91. The van der Waals surface area contributed by atoms with E-state index in [1.54, 1.807) is 13.8 Å². The molecule has 1 fully saturated rings. The first kappa shape index (κ1) is 32.0. The second-order valence-electron chi connectivity index (χ2n) is 8.29. The minimum absolute atomic E-state index is 0.0251. The number of esters is 2. The molecule has 0 saturated carbocycles. The smallest absolute Gasteiger partial charge is 0.351 e. The molecule has 5 N–H and O–H groups in total. The molecular formula is C20H31ClF2N5O9P. The Kier molecular flexibility index (Phi) is 11.2. The van der Waals surface area contributed by atoms with Crippen molar-refractivity contribution in [1.82, 2.24) is 19.7 Å². The van der Waals surface area contributed by atoms with Gasteiger partial charge in [0, 0.05) is 0 Å². The molecule has 0 aliphatic carbocycles. The molecule has 0 aromatic carbocycles. The number of aliphatic hydroxyl groups excluding tert-OH is 1. The van der Waals surface area contributed by atoms with Gasteiger partial charge in [-0.3, -0.25) is 18.7 Å². The number of nitrogen functional groups attached to an aromatic ring is 1. The standard InChI is InChI=1S/C20H31ClF2N5O9P/c1-5-34-17(30)10(3)26-38(33,27-11(4)18(31)35-6-2)36-9-20(8-21)14(29)13(23)16(37-20)28-7-12(22)15(24)25-19(28)32/h7,10-11,13-14,16,29H,5-6,8-9H2,1-4H3,(H2,24,25,32)(H2,26,27,33)/t10-,11-,13-,14-,16+,20+/m0/s1. The maximum Gasteiger partial charge on any atom is 0.351 e. The molecule has 1 aliphatic rings. The van der Waals surface area contributed by atoms with Crippen LogP contribution in [0.4, 0.5) is 14.6 Å². The molecule has 1 aliphatic heterocycles. The number of rotatable bonds is 13. The minimum atomic E-state index is -4.39. The van der Waals surface area contributed by atoms with Crippen LogP contribution in [0, 0.1) is 5.82 Å². The summed E-state index contributed by atoms with van der Waals surface area (Å²) >= 11 is 5.99. The number of aliphatic hydroxyl groups is 1. The van der Waals surface area contributed by atoms with Gasteiger partial charge in [0.05, 0.1) is 31.9 Å². The highest BCUT2D eigenvalue weighted by atomic mass is 35.5. The van der Waals surface area contributed by atoms with Crippen molar-refractivity contribution < 1.29 is 46.8 Å². The van der Waals surface area contributed by atoms with Gasteiger partial charge >= 0.3 is 25.3 Å². The lowest BCUT2D eigenvalue weighted by atomic mass is 9.99. The molecule has 0 unspecified atom stereocenters. The molecule has 18 heteroatoms. The topological polar surface area (TPSA) is 193 Å². The van der Waals surface area contributed by atoms with Gasteiger partial charge in [0.2, 0.25) is 0 Å². The third-order valence-corrected chi connectivity index (χ3v) is 7.80. The zero-order chi connectivity index (χ0) is 28.8. The monoisotopic (exact) mass is 589 g/mol. The fourth-order valence-corrected chi connectivity index (χ4v) is 5.55. The van der Waals surface area contributed by atoms with Crippen LogP contribution in [0.15, 0.2) is 11.0 Å². The summed E-state index contributed by atoms with van der Waals surface area (Å²) in [5, 5.41) is 15.4. The molecule has 1 saturated heterocycles. The third kappa shape index (κ3) is 7.25. The molecular weight excluding hydrogens is 559 g/mol. The number of alkyl halides is 2. The van der Waals surface area contributed by atoms with Gasteiger partial charge in [-0.1, -0.05) is 0 Å². The van der Waals surface area contributed by atoms with E-state index in [0.29, 0.717) is 10.8 Å². The highest BCUT2D eigenvalue weighted by molar-refractivity contribution is 7.54. The van der Waals surface area contributed by atoms with Crippen LogP contribution in [0.25, 0.3) is 0 Å². The largest absolute Gasteiger partial charge is 0.465 e. The van der Waals surface area contributed by atoms with Crippen LogP contribution in [0.5, 0.6) is 0 Å². The number of halogens is 3. The van der Waals surface area contributed by atoms with Crippen LogP contribution in [-0.4, -0.2) is 82.3 Å². The quantitative estimate of drug-likeness (QED) is 0.140. The predicted molar refractivity (Wildman–Crippen MR) is 129 cm³/mol. The number of hydrogen-bond acceptors (Lipinski definition) is 11. The van der Waals surface area contributed by atoms with Gasteiger partial charge in [-0.25, -0.2) is 23.7 Å². The summed E-state index contributed by atoms with van der Waals surface area (Å²) in [6, 6.07) is -2.43. The summed E-state index contributed by atoms with van der Waals surface area (Å²) in [5.41, 5.74) is 1.96.